The van der Waals surface area contributed by atoms with Crippen molar-refractivity contribution in [3.8, 4) is 0 Å². The van der Waals surface area contributed by atoms with Crippen LogP contribution in [-0.4, -0.2) is 80.6 Å². The molecule has 0 amide bonds. The number of aliphatic carboxylic acids is 1. The third kappa shape index (κ3) is 22.1. The van der Waals surface area contributed by atoms with Gasteiger partial charge in [0.15, 0.2) is 12.1 Å². The molecule has 1 N–H and O–H groups in total. The number of rotatable bonds is 24. The summed E-state index contributed by atoms with van der Waals surface area (Å²) in [5.41, 5.74) is 0. The topological polar surface area (TPSA) is 99.1 Å². The van der Waals surface area contributed by atoms with Gasteiger partial charge in [0.2, 0.25) is 0 Å². The highest BCUT2D eigenvalue weighted by molar-refractivity contribution is 5.72. The van der Waals surface area contributed by atoms with Crippen molar-refractivity contribution in [2.45, 2.75) is 103 Å². The minimum atomic E-state index is -0.887. The molecule has 8 nitrogen and oxygen atoms in total. The summed E-state index contributed by atoms with van der Waals surface area (Å²) in [5, 5.41) is 9.46. The highest BCUT2D eigenvalue weighted by Gasteiger charge is 2.31. The van der Waals surface area contributed by atoms with Crippen LogP contribution >= 0.6 is 0 Å². The van der Waals surface area contributed by atoms with Crippen LogP contribution in [-0.2, 0) is 28.6 Å². The zero-order valence-electron chi connectivity index (χ0n) is 25.1. The van der Waals surface area contributed by atoms with Crippen molar-refractivity contribution in [3.63, 3.8) is 0 Å². The molecule has 0 heterocycles. The first kappa shape index (κ1) is 36.5. The molecule has 0 aromatic carbocycles. The minimum Gasteiger partial charge on any atom is -0.477 e. The number of quaternary nitrogens is 1. The number of likely N-dealkylation sites (N-methyl/N-ethyl adjacent to an activating group) is 1. The molecule has 0 saturated heterocycles. The lowest BCUT2D eigenvalue weighted by Gasteiger charge is -2.31. The SMILES string of the molecule is CC/C=C\C/C=C\C/C=C\CCCCCC(=O)OC(COCCC(C(=O)O)[N+](C)(C)C)COC(=O)CCCC. The van der Waals surface area contributed by atoms with Gasteiger partial charge < -0.3 is 23.8 Å². The minimum absolute atomic E-state index is 0.0460. The Morgan fingerprint density at radius 1 is 0.795 bits per heavy atom. The van der Waals surface area contributed by atoms with E-state index in [0.29, 0.717) is 19.3 Å². The maximum Gasteiger partial charge on any atom is 0.362 e. The lowest BCUT2D eigenvalue weighted by atomic mass is 10.1. The van der Waals surface area contributed by atoms with Gasteiger partial charge in [-0.2, -0.15) is 0 Å². The number of esters is 2. The Balaban J connectivity index is 4.42. The number of carbonyl (C=O) groups is 3. The van der Waals surface area contributed by atoms with Crippen LogP contribution in [0.5, 0.6) is 0 Å². The fraction of sp³-hybridized carbons (Fsp3) is 0.710. The molecule has 0 bridgehead atoms. The predicted octanol–water partition coefficient (Wildman–Crippen LogP) is 6.01. The van der Waals surface area contributed by atoms with Crippen LogP contribution in [0.25, 0.3) is 0 Å². The number of nitrogens with zero attached hydrogens (tertiary/aromatic N) is 1. The van der Waals surface area contributed by atoms with E-state index in [0.717, 1.165) is 57.8 Å². The van der Waals surface area contributed by atoms with E-state index in [1.807, 2.05) is 28.1 Å². The molecule has 0 aliphatic rings. The van der Waals surface area contributed by atoms with Gasteiger partial charge in [-0.3, -0.25) is 9.59 Å². The lowest BCUT2D eigenvalue weighted by Crippen LogP contribution is -2.50. The molecule has 8 heteroatoms. The molecule has 0 saturated carbocycles. The fourth-order valence-corrected chi connectivity index (χ4v) is 3.73. The molecule has 0 rings (SSSR count). The number of allylic oxidation sites excluding steroid dienone is 6. The molecule has 39 heavy (non-hydrogen) atoms. The zero-order chi connectivity index (χ0) is 29.4. The largest absolute Gasteiger partial charge is 0.477 e. The van der Waals surface area contributed by atoms with Gasteiger partial charge in [0.05, 0.1) is 34.4 Å². The Bertz CT molecular complexity index is 753. The molecule has 2 unspecified atom stereocenters. The molecular formula is C31H54NO7+. The second kappa shape index (κ2) is 23.4. The summed E-state index contributed by atoms with van der Waals surface area (Å²) in [6, 6.07) is -0.614. The molecule has 0 aliphatic carbocycles. The van der Waals surface area contributed by atoms with Gasteiger partial charge in [-0.05, 0) is 44.9 Å². The highest BCUT2D eigenvalue weighted by atomic mass is 16.6. The van der Waals surface area contributed by atoms with E-state index in [1.54, 1.807) is 0 Å². The molecule has 224 valence electrons. The van der Waals surface area contributed by atoms with E-state index in [-0.39, 0.29) is 36.2 Å². The van der Waals surface area contributed by atoms with Crippen LogP contribution in [0, 0.1) is 0 Å². The number of unbranched alkanes of at least 4 members (excludes halogenated alkanes) is 4. The average molecular weight is 553 g/mol. The monoisotopic (exact) mass is 552 g/mol. The Hall–Kier alpha value is -2.45. The number of ether oxygens (including phenoxy) is 3. The van der Waals surface area contributed by atoms with Crippen molar-refractivity contribution in [2.75, 3.05) is 41.0 Å². The van der Waals surface area contributed by atoms with Crippen LogP contribution in [0.1, 0.15) is 90.9 Å². The average Bonchev–Trinajstić information content (AvgIpc) is 2.87. The Kier molecular flexibility index (Phi) is 22.0. The van der Waals surface area contributed by atoms with Crippen LogP contribution in [0.15, 0.2) is 36.5 Å². The summed E-state index contributed by atoms with van der Waals surface area (Å²) in [7, 11) is 5.46. The van der Waals surface area contributed by atoms with E-state index in [9.17, 15) is 19.5 Å². The van der Waals surface area contributed by atoms with Crippen LogP contribution < -0.4 is 0 Å². The lowest BCUT2D eigenvalue weighted by molar-refractivity contribution is -0.887. The first-order valence-electron chi connectivity index (χ1n) is 14.5. The van der Waals surface area contributed by atoms with Crippen LogP contribution in [0.4, 0.5) is 0 Å². The maximum absolute atomic E-state index is 12.4. The smallest absolute Gasteiger partial charge is 0.362 e. The Morgan fingerprint density at radius 3 is 2.05 bits per heavy atom. The van der Waals surface area contributed by atoms with Crippen molar-refractivity contribution in [3.05, 3.63) is 36.5 Å². The quantitative estimate of drug-likeness (QED) is 0.0678. The zero-order valence-corrected chi connectivity index (χ0v) is 25.1. The standard InChI is InChI=1S/C31H53NO7/c1-6-8-10-11-12-13-14-15-16-17-18-19-20-22-30(34)39-27(26-38-29(33)21-9-7-2)25-37-24-23-28(31(35)36)32(3,4)5/h8,10,12-13,15-16,27-28H,6-7,9,11,14,17-26H2,1-5H3/p+1/b10-8-,13-12-,16-15-. The Morgan fingerprint density at radius 2 is 1.44 bits per heavy atom. The molecular weight excluding hydrogens is 498 g/mol. The van der Waals surface area contributed by atoms with Gasteiger partial charge in [0, 0.05) is 19.3 Å². The summed E-state index contributed by atoms with van der Waals surface area (Å²) in [4.78, 5) is 35.9. The molecule has 0 spiro atoms. The van der Waals surface area contributed by atoms with Gasteiger partial charge in [0.25, 0.3) is 0 Å². The van der Waals surface area contributed by atoms with E-state index >= 15 is 0 Å². The second-order valence-corrected chi connectivity index (χ2v) is 10.6. The Labute approximate surface area is 236 Å². The van der Waals surface area contributed by atoms with E-state index in [4.69, 9.17) is 14.2 Å². The highest BCUT2D eigenvalue weighted by Crippen LogP contribution is 2.10. The summed E-state index contributed by atoms with van der Waals surface area (Å²) in [5.74, 6) is -1.56. The van der Waals surface area contributed by atoms with Crippen LogP contribution in [0.2, 0.25) is 0 Å². The fourth-order valence-electron chi connectivity index (χ4n) is 3.73. The van der Waals surface area contributed by atoms with E-state index < -0.39 is 18.1 Å². The molecule has 2 atom stereocenters. The van der Waals surface area contributed by atoms with Gasteiger partial charge in [0.1, 0.15) is 6.61 Å². The first-order valence-corrected chi connectivity index (χ1v) is 14.5. The summed E-state index contributed by atoms with van der Waals surface area (Å²) < 4.78 is 16.8. The van der Waals surface area contributed by atoms with Crippen molar-refractivity contribution in [1.82, 2.24) is 0 Å². The number of hydrogen-bond donors (Lipinski definition) is 1. The number of carbonyl (C=O) groups excluding carboxylic acids is 2. The van der Waals surface area contributed by atoms with Crippen molar-refractivity contribution < 1.29 is 38.2 Å². The van der Waals surface area contributed by atoms with E-state index in [2.05, 4.69) is 43.4 Å². The third-order valence-corrected chi connectivity index (χ3v) is 6.05. The van der Waals surface area contributed by atoms with Crippen molar-refractivity contribution >= 4 is 17.9 Å². The molecule has 0 aromatic heterocycles. The maximum atomic E-state index is 12.4. The van der Waals surface area contributed by atoms with E-state index in [1.165, 1.54) is 0 Å². The second-order valence-electron chi connectivity index (χ2n) is 10.6. The normalized spacial score (nSPS) is 13.8. The van der Waals surface area contributed by atoms with Gasteiger partial charge >= 0.3 is 17.9 Å². The summed E-state index contributed by atoms with van der Waals surface area (Å²) >= 11 is 0. The van der Waals surface area contributed by atoms with Crippen molar-refractivity contribution in [1.29, 1.82) is 0 Å². The number of carboxylic acid groups (broad SMARTS) is 1. The first-order chi connectivity index (χ1) is 18.6. The molecule has 0 aliphatic heterocycles. The van der Waals surface area contributed by atoms with Crippen LogP contribution in [0.3, 0.4) is 0 Å². The molecule has 0 aromatic rings. The number of hydrogen-bond acceptors (Lipinski definition) is 6. The van der Waals surface area contributed by atoms with Crippen molar-refractivity contribution in [2.24, 2.45) is 0 Å². The summed E-state index contributed by atoms with van der Waals surface area (Å²) in [6.07, 6.45) is 21.5. The summed E-state index contributed by atoms with van der Waals surface area (Å²) in [6.45, 7) is 4.30. The number of carboxylic acids is 1. The molecule has 0 radical (unpaired) electrons. The van der Waals surface area contributed by atoms with Gasteiger partial charge in [-0.1, -0.05) is 63.1 Å². The van der Waals surface area contributed by atoms with Gasteiger partial charge in [-0.25, -0.2) is 4.79 Å². The predicted molar refractivity (Wildman–Crippen MR) is 155 cm³/mol. The van der Waals surface area contributed by atoms with Gasteiger partial charge in [-0.15, -0.1) is 0 Å². The third-order valence-electron chi connectivity index (χ3n) is 6.05. The molecule has 0 fully saturated rings.